The second-order valence-electron chi connectivity index (χ2n) is 3.59. The van der Waals surface area contributed by atoms with Crippen LogP contribution in [0.3, 0.4) is 0 Å². The average Bonchev–Trinajstić information content (AvgIpc) is 2.41. The van der Waals surface area contributed by atoms with Gasteiger partial charge in [-0.1, -0.05) is 0 Å². The molecule has 0 bridgehead atoms. The number of hydrogen-bond acceptors (Lipinski definition) is 5. The third-order valence-electron chi connectivity index (χ3n) is 2.37. The minimum Gasteiger partial charge on any atom is -0.464 e. The van der Waals surface area contributed by atoms with Crippen molar-refractivity contribution in [3.8, 4) is 11.3 Å². The average molecular weight is 264 g/mol. The minimum absolute atomic E-state index is 0.174. The first-order valence-electron chi connectivity index (χ1n) is 5.15. The lowest BCUT2D eigenvalue weighted by Gasteiger charge is -2.05. The summed E-state index contributed by atoms with van der Waals surface area (Å²) >= 11 is 5.75. The number of rotatable bonds is 2. The van der Waals surface area contributed by atoms with Crippen LogP contribution < -0.4 is 0 Å². The molecule has 0 atom stereocenters. The van der Waals surface area contributed by atoms with Crippen molar-refractivity contribution in [3.05, 3.63) is 41.1 Å². The van der Waals surface area contributed by atoms with Crippen molar-refractivity contribution in [3.63, 3.8) is 0 Å². The SMILES string of the molecule is COC(=O)c1ccc(-c2nc(Cl)ncc2C)cn1. The van der Waals surface area contributed by atoms with Crippen LogP contribution in [0.15, 0.2) is 24.5 Å². The Bertz CT molecular complexity index is 584. The van der Waals surface area contributed by atoms with Crippen molar-refractivity contribution >= 4 is 17.6 Å². The summed E-state index contributed by atoms with van der Waals surface area (Å²) in [5.41, 5.74) is 2.59. The lowest BCUT2D eigenvalue weighted by molar-refractivity contribution is 0.0594. The van der Waals surface area contributed by atoms with Crippen LogP contribution in [0.2, 0.25) is 5.28 Å². The van der Waals surface area contributed by atoms with E-state index in [4.69, 9.17) is 11.6 Å². The molecule has 0 aliphatic carbocycles. The molecule has 0 saturated heterocycles. The van der Waals surface area contributed by atoms with Gasteiger partial charge in [0.15, 0.2) is 0 Å². The maximum Gasteiger partial charge on any atom is 0.356 e. The van der Waals surface area contributed by atoms with Crippen LogP contribution in [0.25, 0.3) is 11.3 Å². The summed E-state index contributed by atoms with van der Waals surface area (Å²) in [5.74, 6) is -0.473. The molecule has 0 saturated carbocycles. The van der Waals surface area contributed by atoms with E-state index in [0.717, 1.165) is 11.1 Å². The smallest absolute Gasteiger partial charge is 0.356 e. The topological polar surface area (TPSA) is 65.0 Å². The summed E-state index contributed by atoms with van der Waals surface area (Å²) < 4.78 is 4.58. The van der Waals surface area contributed by atoms with Crippen molar-refractivity contribution in [1.82, 2.24) is 15.0 Å². The molecule has 0 aliphatic heterocycles. The molecule has 18 heavy (non-hydrogen) atoms. The Kier molecular flexibility index (Phi) is 3.53. The third kappa shape index (κ3) is 2.46. The number of esters is 1. The fourth-order valence-corrected chi connectivity index (χ4v) is 1.61. The molecule has 0 radical (unpaired) electrons. The van der Waals surface area contributed by atoms with Gasteiger partial charge in [-0.25, -0.2) is 19.7 Å². The molecular formula is C12H10ClN3O2. The van der Waals surface area contributed by atoms with Crippen LogP contribution in [0, 0.1) is 6.92 Å². The molecule has 5 nitrogen and oxygen atoms in total. The number of aromatic nitrogens is 3. The zero-order chi connectivity index (χ0) is 13.1. The maximum absolute atomic E-state index is 11.3. The van der Waals surface area contributed by atoms with Gasteiger partial charge in [0.2, 0.25) is 5.28 Å². The highest BCUT2D eigenvalue weighted by molar-refractivity contribution is 6.28. The molecule has 0 fully saturated rings. The summed E-state index contributed by atoms with van der Waals surface area (Å²) in [4.78, 5) is 23.3. The van der Waals surface area contributed by atoms with Crippen molar-refractivity contribution in [2.75, 3.05) is 7.11 Å². The largest absolute Gasteiger partial charge is 0.464 e. The second-order valence-corrected chi connectivity index (χ2v) is 3.93. The molecule has 6 heteroatoms. The Morgan fingerprint density at radius 2 is 2.06 bits per heavy atom. The van der Waals surface area contributed by atoms with E-state index in [-0.39, 0.29) is 11.0 Å². The molecule has 2 aromatic rings. The molecular weight excluding hydrogens is 254 g/mol. The van der Waals surface area contributed by atoms with Crippen LogP contribution in [-0.2, 0) is 4.74 Å². The van der Waals surface area contributed by atoms with Gasteiger partial charge in [-0.15, -0.1) is 0 Å². The van der Waals surface area contributed by atoms with Crippen molar-refractivity contribution in [2.24, 2.45) is 0 Å². The summed E-state index contributed by atoms with van der Waals surface area (Å²) in [5, 5.41) is 0.174. The molecule has 0 N–H and O–H groups in total. The van der Waals surface area contributed by atoms with Gasteiger partial charge in [-0.3, -0.25) is 0 Å². The quantitative estimate of drug-likeness (QED) is 0.614. The van der Waals surface area contributed by atoms with Crippen molar-refractivity contribution in [1.29, 1.82) is 0 Å². The molecule has 0 spiro atoms. The number of hydrogen-bond donors (Lipinski definition) is 0. The minimum atomic E-state index is -0.473. The van der Waals surface area contributed by atoms with E-state index >= 15 is 0 Å². The summed E-state index contributed by atoms with van der Waals surface area (Å²) in [6, 6.07) is 3.32. The van der Waals surface area contributed by atoms with Crippen LogP contribution in [0.5, 0.6) is 0 Å². The summed E-state index contributed by atoms with van der Waals surface area (Å²) in [6.07, 6.45) is 3.19. The predicted molar refractivity (Wildman–Crippen MR) is 66.3 cm³/mol. The highest BCUT2D eigenvalue weighted by Crippen LogP contribution is 2.21. The standard InChI is InChI=1S/C12H10ClN3O2/c1-7-5-15-12(13)16-10(7)8-3-4-9(14-6-8)11(17)18-2/h3-6H,1-2H3. The first-order valence-corrected chi connectivity index (χ1v) is 5.53. The number of ether oxygens (including phenoxy) is 1. The molecule has 2 aromatic heterocycles. The molecule has 0 unspecified atom stereocenters. The zero-order valence-corrected chi connectivity index (χ0v) is 10.6. The van der Waals surface area contributed by atoms with Gasteiger partial charge in [0.25, 0.3) is 0 Å². The Morgan fingerprint density at radius 3 is 2.67 bits per heavy atom. The van der Waals surface area contributed by atoms with Gasteiger partial charge < -0.3 is 4.74 Å². The van der Waals surface area contributed by atoms with Crippen LogP contribution in [0.1, 0.15) is 16.1 Å². The fraction of sp³-hybridized carbons (Fsp3) is 0.167. The Hall–Kier alpha value is -2.01. The molecule has 2 rings (SSSR count). The highest BCUT2D eigenvalue weighted by atomic mass is 35.5. The van der Waals surface area contributed by atoms with Gasteiger partial charge in [-0.2, -0.15) is 0 Å². The van der Waals surface area contributed by atoms with E-state index in [9.17, 15) is 4.79 Å². The Balaban J connectivity index is 2.40. The van der Waals surface area contributed by atoms with E-state index in [2.05, 4.69) is 19.7 Å². The Labute approximate surface area is 109 Å². The number of methoxy groups -OCH3 is 1. The summed E-state index contributed by atoms with van der Waals surface area (Å²) in [6.45, 7) is 1.87. The highest BCUT2D eigenvalue weighted by Gasteiger charge is 2.09. The van der Waals surface area contributed by atoms with Gasteiger partial charge in [-0.05, 0) is 36.2 Å². The lowest BCUT2D eigenvalue weighted by Crippen LogP contribution is -2.03. The number of carbonyl (C=O) groups is 1. The van der Waals surface area contributed by atoms with Gasteiger partial charge in [0, 0.05) is 18.0 Å². The number of halogens is 1. The van der Waals surface area contributed by atoms with Crippen molar-refractivity contribution < 1.29 is 9.53 Å². The molecule has 92 valence electrons. The fourth-order valence-electron chi connectivity index (χ4n) is 1.47. The van der Waals surface area contributed by atoms with Gasteiger partial charge in [0.05, 0.1) is 12.8 Å². The van der Waals surface area contributed by atoms with E-state index in [1.54, 1.807) is 24.5 Å². The molecule has 0 aromatic carbocycles. The van der Waals surface area contributed by atoms with E-state index in [1.807, 2.05) is 6.92 Å². The van der Waals surface area contributed by atoms with Crippen LogP contribution in [-0.4, -0.2) is 28.0 Å². The number of aryl methyl sites for hydroxylation is 1. The first-order chi connectivity index (χ1) is 8.61. The summed E-state index contributed by atoms with van der Waals surface area (Å²) in [7, 11) is 1.31. The van der Waals surface area contributed by atoms with E-state index in [0.29, 0.717) is 5.69 Å². The van der Waals surface area contributed by atoms with Crippen LogP contribution >= 0.6 is 11.6 Å². The van der Waals surface area contributed by atoms with E-state index < -0.39 is 5.97 Å². The normalized spacial score (nSPS) is 10.2. The molecule has 2 heterocycles. The van der Waals surface area contributed by atoms with E-state index in [1.165, 1.54) is 7.11 Å². The van der Waals surface area contributed by atoms with Crippen molar-refractivity contribution in [2.45, 2.75) is 6.92 Å². The Morgan fingerprint density at radius 1 is 1.28 bits per heavy atom. The monoisotopic (exact) mass is 263 g/mol. The first kappa shape index (κ1) is 12.4. The van der Waals surface area contributed by atoms with Gasteiger partial charge >= 0.3 is 5.97 Å². The number of nitrogens with zero attached hydrogens (tertiary/aromatic N) is 3. The molecule has 0 aliphatic rings. The third-order valence-corrected chi connectivity index (χ3v) is 2.56. The number of pyridine rings is 1. The van der Waals surface area contributed by atoms with Crippen LogP contribution in [0.4, 0.5) is 0 Å². The van der Waals surface area contributed by atoms with Gasteiger partial charge in [0.1, 0.15) is 5.69 Å². The zero-order valence-electron chi connectivity index (χ0n) is 9.85. The lowest BCUT2D eigenvalue weighted by atomic mass is 10.1. The maximum atomic E-state index is 11.3. The second kappa shape index (κ2) is 5.10. The number of carbonyl (C=O) groups excluding carboxylic acids is 1. The molecule has 0 amide bonds. The predicted octanol–water partition coefficient (Wildman–Crippen LogP) is 2.29.